The molecule has 1 atom stereocenters. The number of nitrogen functional groups attached to an aromatic ring is 1. The minimum atomic E-state index is -4.47. The molecule has 1 unspecified atom stereocenters. The number of aromatic nitrogens is 2. The Morgan fingerprint density at radius 1 is 1.54 bits per heavy atom. The molecule has 0 aliphatic carbocycles. The average Bonchev–Trinajstić information content (AvgIpc) is 2.51. The minimum Gasteiger partial charge on any atom is -0.378 e. The topological polar surface area (TPSA) is 127 Å². The van der Waals surface area contributed by atoms with Crippen molar-refractivity contribution in [2.75, 3.05) is 30.3 Å². The number of nitrogens with zero attached hydrogens (tertiary/aromatic N) is 4. The number of rotatable bonds is 4. The van der Waals surface area contributed by atoms with E-state index < -0.39 is 35.2 Å². The highest BCUT2D eigenvalue weighted by atomic mass is 19.4. The van der Waals surface area contributed by atoms with Gasteiger partial charge in [0.05, 0.1) is 10.8 Å². The molecule has 132 valence electrons. The van der Waals surface area contributed by atoms with E-state index in [1.165, 1.54) is 0 Å². The number of hydrogen-bond donors (Lipinski definition) is 2. The second kappa shape index (κ2) is 6.84. The number of nitrogens with two attached hydrogens (primary N) is 1. The lowest BCUT2D eigenvalue weighted by molar-refractivity contribution is -0.384. The van der Waals surface area contributed by atoms with Crippen molar-refractivity contribution in [3.05, 3.63) is 16.3 Å². The van der Waals surface area contributed by atoms with Gasteiger partial charge >= 0.3 is 11.9 Å². The molecule has 0 saturated carbocycles. The van der Waals surface area contributed by atoms with E-state index >= 15 is 0 Å². The summed E-state index contributed by atoms with van der Waals surface area (Å²) in [6.45, 7) is -0.801. The Labute approximate surface area is 134 Å². The molecule has 24 heavy (non-hydrogen) atoms. The molecule has 0 bridgehead atoms. The van der Waals surface area contributed by atoms with E-state index in [1.807, 2.05) is 5.32 Å². The first-order valence-electron chi connectivity index (χ1n) is 7.03. The maximum atomic E-state index is 12.2. The first-order chi connectivity index (χ1) is 11.2. The third-order valence-corrected chi connectivity index (χ3v) is 3.52. The van der Waals surface area contributed by atoms with Gasteiger partial charge in [0.25, 0.3) is 0 Å². The van der Waals surface area contributed by atoms with E-state index in [9.17, 15) is 28.1 Å². The van der Waals surface area contributed by atoms with Gasteiger partial charge in [-0.05, 0) is 12.8 Å². The van der Waals surface area contributed by atoms with E-state index in [1.54, 1.807) is 4.90 Å². The van der Waals surface area contributed by atoms with Crippen molar-refractivity contribution in [3.63, 3.8) is 0 Å². The molecule has 3 N–H and O–H groups in total. The molecule has 9 nitrogen and oxygen atoms in total. The predicted molar refractivity (Wildman–Crippen MR) is 77.1 cm³/mol. The molecule has 1 aliphatic rings. The van der Waals surface area contributed by atoms with Crippen LogP contribution in [0.2, 0.25) is 0 Å². The summed E-state index contributed by atoms with van der Waals surface area (Å²) in [5.74, 6) is -1.56. The van der Waals surface area contributed by atoms with Crippen molar-refractivity contribution in [2.45, 2.75) is 19.0 Å². The fourth-order valence-electron chi connectivity index (χ4n) is 2.38. The van der Waals surface area contributed by atoms with Gasteiger partial charge in [-0.15, -0.1) is 0 Å². The van der Waals surface area contributed by atoms with E-state index in [0.717, 1.165) is 6.20 Å². The number of anilines is 2. The third kappa shape index (κ3) is 4.43. The maximum absolute atomic E-state index is 12.2. The lowest BCUT2D eigenvalue weighted by Crippen LogP contribution is -2.45. The van der Waals surface area contributed by atoms with Gasteiger partial charge in [-0.1, -0.05) is 0 Å². The zero-order chi connectivity index (χ0) is 17.9. The Kier molecular flexibility index (Phi) is 5.04. The standard InChI is InChI=1S/C12H15F3N6O3/c13-12(14,15)6-18-10(22)7-2-1-3-20(5-7)11-17-4-8(21(23)24)9(16)19-11/h4,7H,1-3,5-6H2,(H,18,22)(H2,16,17,19). The molecule has 1 saturated heterocycles. The molecular formula is C12H15F3N6O3. The monoisotopic (exact) mass is 348 g/mol. The number of piperidine rings is 1. The Morgan fingerprint density at radius 2 is 2.25 bits per heavy atom. The average molecular weight is 348 g/mol. The van der Waals surface area contributed by atoms with Gasteiger partial charge in [0.1, 0.15) is 12.7 Å². The molecule has 2 rings (SSSR count). The summed E-state index contributed by atoms with van der Waals surface area (Å²) >= 11 is 0. The molecule has 0 spiro atoms. The van der Waals surface area contributed by atoms with Crippen molar-refractivity contribution < 1.29 is 22.9 Å². The number of hydrogen-bond acceptors (Lipinski definition) is 7. The van der Waals surface area contributed by atoms with Gasteiger partial charge in [-0.25, -0.2) is 4.98 Å². The summed E-state index contributed by atoms with van der Waals surface area (Å²) < 4.78 is 36.5. The summed E-state index contributed by atoms with van der Waals surface area (Å²) in [4.78, 5) is 31.1. The lowest BCUT2D eigenvalue weighted by Gasteiger charge is -2.32. The molecular weight excluding hydrogens is 333 g/mol. The van der Waals surface area contributed by atoms with Crippen LogP contribution in [0.15, 0.2) is 6.20 Å². The fraction of sp³-hybridized carbons (Fsp3) is 0.583. The molecule has 2 heterocycles. The number of carbonyl (C=O) groups excluding carboxylic acids is 1. The van der Waals surface area contributed by atoms with Crippen molar-refractivity contribution in [2.24, 2.45) is 5.92 Å². The Bertz CT molecular complexity index is 639. The van der Waals surface area contributed by atoms with Crippen molar-refractivity contribution in [1.82, 2.24) is 15.3 Å². The summed E-state index contributed by atoms with van der Waals surface area (Å²) in [5, 5.41) is 12.5. The van der Waals surface area contributed by atoms with Crippen molar-refractivity contribution in [1.29, 1.82) is 0 Å². The smallest absolute Gasteiger partial charge is 0.378 e. The van der Waals surface area contributed by atoms with Crippen LogP contribution in [0.4, 0.5) is 30.6 Å². The van der Waals surface area contributed by atoms with E-state index in [4.69, 9.17) is 5.73 Å². The van der Waals surface area contributed by atoms with Gasteiger partial charge in [0, 0.05) is 13.1 Å². The third-order valence-electron chi connectivity index (χ3n) is 3.52. The first-order valence-corrected chi connectivity index (χ1v) is 7.03. The number of carbonyl (C=O) groups is 1. The van der Waals surface area contributed by atoms with Gasteiger partial charge in [0.2, 0.25) is 17.7 Å². The Hall–Kier alpha value is -2.66. The van der Waals surface area contributed by atoms with Gasteiger partial charge < -0.3 is 16.0 Å². The molecule has 1 amide bonds. The second-order valence-corrected chi connectivity index (χ2v) is 5.32. The number of amides is 1. The largest absolute Gasteiger partial charge is 0.405 e. The SMILES string of the molecule is Nc1nc(N2CCCC(C(=O)NCC(F)(F)F)C2)ncc1[N+](=O)[O-]. The number of nitro groups is 1. The lowest BCUT2D eigenvalue weighted by atomic mass is 9.97. The zero-order valence-electron chi connectivity index (χ0n) is 12.4. The van der Waals surface area contributed by atoms with Gasteiger partial charge in [0.15, 0.2) is 0 Å². The first kappa shape index (κ1) is 17.7. The molecule has 1 aromatic rings. The quantitative estimate of drug-likeness (QED) is 0.610. The molecule has 0 aromatic carbocycles. The summed E-state index contributed by atoms with van der Waals surface area (Å²) in [5.41, 5.74) is 5.06. The molecule has 1 aliphatic heterocycles. The zero-order valence-corrected chi connectivity index (χ0v) is 12.4. The highest BCUT2D eigenvalue weighted by Crippen LogP contribution is 2.24. The fourth-order valence-corrected chi connectivity index (χ4v) is 2.38. The predicted octanol–water partition coefficient (Wildman–Crippen LogP) is 0.862. The van der Waals surface area contributed by atoms with Gasteiger partial charge in [-0.2, -0.15) is 18.2 Å². The van der Waals surface area contributed by atoms with Gasteiger partial charge in [-0.3, -0.25) is 14.9 Å². The number of alkyl halides is 3. The summed E-state index contributed by atoms with van der Waals surface area (Å²) in [6.07, 6.45) is -2.53. The number of halogens is 3. The molecule has 1 fully saturated rings. The van der Waals surface area contributed by atoms with Crippen molar-refractivity contribution in [3.8, 4) is 0 Å². The van der Waals surface area contributed by atoms with Crippen LogP contribution in [0.5, 0.6) is 0 Å². The van der Waals surface area contributed by atoms with Crippen LogP contribution in [-0.4, -0.2) is 46.6 Å². The van der Waals surface area contributed by atoms with Crippen LogP contribution in [0, 0.1) is 16.0 Å². The minimum absolute atomic E-state index is 0.103. The van der Waals surface area contributed by atoms with E-state index in [0.29, 0.717) is 19.4 Å². The van der Waals surface area contributed by atoms with Crippen LogP contribution < -0.4 is 16.0 Å². The molecule has 12 heteroatoms. The van der Waals surface area contributed by atoms with E-state index in [-0.39, 0.29) is 18.3 Å². The van der Waals surface area contributed by atoms with Crippen LogP contribution >= 0.6 is 0 Å². The summed E-state index contributed by atoms with van der Waals surface area (Å²) in [6, 6.07) is 0. The number of nitrogens with one attached hydrogen (secondary N) is 1. The normalized spacial score (nSPS) is 18.3. The highest BCUT2D eigenvalue weighted by Gasteiger charge is 2.32. The summed E-state index contributed by atoms with van der Waals surface area (Å²) in [7, 11) is 0. The molecule has 0 radical (unpaired) electrons. The second-order valence-electron chi connectivity index (χ2n) is 5.32. The van der Waals surface area contributed by atoms with E-state index in [2.05, 4.69) is 9.97 Å². The van der Waals surface area contributed by atoms with Crippen LogP contribution in [0.25, 0.3) is 0 Å². The van der Waals surface area contributed by atoms with Crippen LogP contribution in [0.1, 0.15) is 12.8 Å². The highest BCUT2D eigenvalue weighted by molar-refractivity contribution is 5.79. The van der Waals surface area contributed by atoms with Crippen LogP contribution in [-0.2, 0) is 4.79 Å². The Balaban J connectivity index is 2.04. The maximum Gasteiger partial charge on any atom is 0.405 e. The van der Waals surface area contributed by atoms with Crippen LogP contribution in [0.3, 0.4) is 0 Å². The van der Waals surface area contributed by atoms with Crippen molar-refractivity contribution >= 4 is 23.4 Å². The molecule has 1 aromatic heterocycles. The Morgan fingerprint density at radius 3 is 2.83 bits per heavy atom.